The Morgan fingerprint density at radius 2 is 1.65 bits per heavy atom. The monoisotopic (exact) mass is 495 g/mol. The quantitative estimate of drug-likeness (QED) is 0.548. The molecular formula is C22H33N5O6S. The van der Waals surface area contributed by atoms with Crippen LogP contribution < -0.4 is 10.6 Å². The summed E-state index contributed by atoms with van der Waals surface area (Å²) in [5.74, 6) is -0.982. The molecule has 0 spiro atoms. The van der Waals surface area contributed by atoms with E-state index in [4.69, 9.17) is 0 Å². The Labute approximate surface area is 200 Å². The molecule has 34 heavy (non-hydrogen) atoms. The number of rotatable bonds is 7. The second kappa shape index (κ2) is 11.6. The fourth-order valence-electron chi connectivity index (χ4n) is 4.17. The highest BCUT2D eigenvalue weighted by molar-refractivity contribution is 7.86. The minimum Gasteiger partial charge on any atom is -0.468 e. The number of nitrogens with zero attached hydrogens (tertiary/aromatic N) is 3. The minimum absolute atomic E-state index is 0.0468. The third-order valence-electron chi connectivity index (χ3n) is 6.32. The number of urea groups is 1. The first-order valence-corrected chi connectivity index (χ1v) is 12.9. The summed E-state index contributed by atoms with van der Waals surface area (Å²) in [6, 6.07) is 5.96. The van der Waals surface area contributed by atoms with Crippen molar-refractivity contribution in [3.63, 3.8) is 0 Å². The Morgan fingerprint density at radius 1 is 1.03 bits per heavy atom. The van der Waals surface area contributed by atoms with Crippen LogP contribution in [0.4, 0.5) is 10.5 Å². The molecular weight excluding hydrogens is 462 g/mol. The standard InChI is InChI=1S/C22H33N5O6S/c1-25(19-6-4-3-5-7-19)34(31,32)27-14-12-26(13-15-27)22(30)24-18-10-8-17(9-11-18)21(29)23-16-20(28)33-2/h8-11,19H,3-7,12-16H2,1-2H3,(H,23,29)(H,24,30). The normalized spacial score (nSPS) is 17.9. The number of carbonyl (C=O) groups excluding carboxylic acids is 3. The van der Waals surface area contributed by atoms with E-state index in [-0.39, 0.29) is 44.8 Å². The van der Waals surface area contributed by atoms with Crippen molar-refractivity contribution in [2.75, 3.05) is 52.2 Å². The smallest absolute Gasteiger partial charge is 0.325 e. The van der Waals surface area contributed by atoms with Crippen molar-refractivity contribution >= 4 is 33.8 Å². The highest BCUT2D eigenvalue weighted by Crippen LogP contribution is 2.25. The molecule has 0 aromatic heterocycles. The van der Waals surface area contributed by atoms with Crippen molar-refractivity contribution in [3.8, 4) is 0 Å². The molecule has 1 aliphatic heterocycles. The average molecular weight is 496 g/mol. The maximum atomic E-state index is 13.0. The summed E-state index contributed by atoms with van der Waals surface area (Å²) in [6.07, 6.45) is 5.05. The molecule has 0 unspecified atom stereocenters. The molecule has 11 nitrogen and oxygen atoms in total. The van der Waals surface area contributed by atoms with Gasteiger partial charge < -0.3 is 20.3 Å². The molecule has 1 saturated carbocycles. The zero-order valence-corrected chi connectivity index (χ0v) is 20.5. The molecule has 1 aromatic rings. The Morgan fingerprint density at radius 3 is 2.24 bits per heavy atom. The van der Waals surface area contributed by atoms with Crippen LogP contribution in [0.15, 0.2) is 24.3 Å². The topological polar surface area (TPSA) is 128 Å². The summed E-state index contributed by atoms with van der Waals surface area (Å²) in [4.78, 5) is 37.4. The summed E-state index contributed by atoms with van der Waals surface area (Å²) in [5.41, 5.74) is 0.837. The van der Waals surface area contributed by atoms with Gasteiger partial charge in [0.1, 0.15) is 6.54 Å². The number of hydrogen-bond acceptors (Lipinski definition) is 6. The highest BCUT2D eigenvalue weighted by Gasteiger charge is 2.35. The number of piperazine rings is 1. The molecule has 2 fully saturated rings. The van der Waals surface area contributed by atoms with Crippen molar-refractivity contribution in [3.05, 3.63) is 29.8 Å². The Hall–Kier alpha value is -2.70. The minimum atomic E-state index is -3.55. The molecule has 2 aliphatic rings. The molecule has 1 aliphatic carbocycles. The van der Waals surface area contributed by atoms with E-state index in [2.05, 4.69) is 15.4 Å². The number of amides is 3. The predicted molar refractivity (Wildman–Crippen MR) is 127 cm³/mol. The van der Waals surface area contributed by atoms with Crippen molar-refractivity contribution in [1.29, 1.82) is 0 Å². The van der Waals surface area contributed by atoms with E-state index in [1.165, 1.54) is 27.9 Å². The zero-order valence-electron chi connectivity index (χ0n) is 19.7. The summed E-state index contributed by atoms with van der Waals surface area (Å²) < 4.78 is 33.5. The predicted octanol–water partition coefficient (Wildman–Crippen LogP) is 1.25. The molecule has 0 atom stereocenters. The fraction of sp³-hybridized carbons (Fsp3) is 0.591. The zero-order chi connectivity index (χ0) is 24.7. The molecule has 1 heterocycles. The first-order valence-electron chi connectivity index (χ1n) is 11.5. The number of hydrogen-bond donors (Lipinski definition) is 2. The maximum Gasteiger partial charge on any atom is 0.325 e. The molecule has 12 heteroatoms. The van der Waals surface area contributed by atoms with Crippen LogP contribution in [0.1, 0.15) is 42.5 Å². The van der Waals surface area contributed by atoms with E-state index in [0.29, 0.717) is 11.3 Å². The van der Waals surface area contributed by atoms with Crippen molar-refractivity contribution < 1.29 is 27.5 Å². The number of esters is 1. The van der Waals surface area contributed by atoms with Crippen molar-refractivity contribution in [2.24, 2.45) is 0 Å². The van der Waals surface area contributed by atoms with Gasteiger partial charge in [0.25, 0.3) is 16.1 Å². The second-order valence-corrected chi connectivity index (χ2v) is 10.5. The van der Waals surface area contributed by atoms with Gasteiger partial charge in [0, 0.05) is 50.5 Å². The summed E-state index contributed by atoms with van der Waals surface area (Å²) in [6.45, 7) is 0.833. The van der Waals surface area contributed by atoms with E-state index in [0.717, 1.165) is 32.1 Å². The number of ether oxygens (including phenoxy) is 1. The fourth-order valence-corrected chi connectivity index (χ4v) is 5.75. The second-order valence-electron chi connectivity index (χ2n) is 8.47. The maximum absolute atomic E-state index is 13.0. The third-order valence-corrected chi connectivity index (χ3v) is 8.37. The van der Waals surface area contributed by atoms with Crippen LogP contribution in [0.3, 0.4) is 0 Å². The van der Waals surface area contributed by atoms with Gasteiger partial charge in [-0.15, -0.1) is 0 Å². The summed E-state index contributed by atoms with van der Waals surface area (Å²) in [5, 5.41) is 5.21. The van der Waals surface area contributed by atoms with Gasteiger partial charge in [-0.2, -0.15) is 17.0 Å². The van der Waals surface area contributed by atoms with Crippen LogP contribution in [0.2, 0.25) is 0 Å². The van der Waals surface area contributed by atoms with Crippen molar-refractivity contribution in [2.45, 2.75) is 38.1 Å². The van der Waals surface area contributed by atoms with E-state index >= 15 is 0 Å². The van der Waals surface area contributed by atoms with Gasteiger partial charge in [0.05, 0.1) is 7.11 Å². The molecule has 3 rings (SSSR count). The highest BCUT2D eigenvalue weighted by atomic mass is 32.2. The molecule has 2 N–H and O–H groups in total. The summed E-state index contributed by atoms with van der Waals surface area (Å²) in [7, 11) is -0.660. The van der Waals surface area contributed by atoms with E-state index in [1.54, 1.807) is 24.1 Å². The number of methoxy groups -OCH3 is 1. The van der Waals surface area contributed by atoms with Gasteiger partial charge in [-0.25, -0.2) is 4.79 Å². The van der Waals surface area contributed by atoms with Gasteiger partial charge in [-0.3, -0.25) is 9.59 Å². The largest absolute Gasteiger partial charge is 0.468 e. The first-order chi connectivity index (χ1) is 16.2. The molecule has 0 bridgehead atoms. The van der Waals surface area contributed by atoms with Gasteiger partial charge >= 0.3 is 12.0 Å². The summed E-state index contributed by atoms with van der Waals surface area (Å²) >= 11 is 0. The Kier molecular flexibility index (Phi) is 8.86. The lowest BCUT2D eigenvalue weighted by Gasteiger charge is -2.38. The van der Waals surface area contributed by atoms with Crippen molar-refractivity contribution in [1.82, 2.24) is 18.8 Å². The first kappa shape index (κ1) is 25.9. The molecule has 0 radical (unpaired) electrons. The lowest BCUT2D eigenvalue weighted by Crippen LogP contribution is -2.55. The van der Waals surface area contributed by atoms with Crippen LogP contribution in [-0.2, 0) is 19.7 Å². The molecule has 188 valence electrons. The number of benzene rings is 1. The van der Waals surface area contributed by atoms with Crippen LogP contribution >= 0.6 is 0 Å². The molecule has 1 aromatic carbocycles. The molecule has 3 amide bonds. The van der Waals surface area contributed by atoms with E-state index < -0.39 is 22.1 Å². The van der Waals surface area contributed by atoms with Gasteiger partial charge in [0.15, 0.2) is 0 Å². The van der Waals surface area contributed by atoms with Gasteiger partial charge in [-0.05, 0) is 37.1 Å². The van der Waals surface area contributed by atoms with Gasteiger partial charge in [-0.1, -0.05) is 19.3 Å². The van der Waals surface area contributed by atoms with Gasteiger partial charge in [0.2, 0.25) is 0 Å². The lowest BCUT2D eigenvalue weighted by atomic mass is 9.96. The van der Waals surface area contributed by atoms with Crippen LogP contribution in [0, 0.1) is 0 Å². The lowest BCUT2D eigenvalue weighted by molar-refractivity contribution is -0.139. The molecule has 1 saturated heterocycles. The van der Waals surface area contributed by atoms with Crippen LogP contribution in [0.25, 0.3) is 0 Å². The Bertz CT molecular complexity index is 970. The SMILES string of the molecule is COC(=O)CNC(=O)c1ccc(NC(=O)N2CCN(S(=O)(=O)N(C)C3CCCCC3)CC2)cc1. The number of carbonyl (C=O) groups is 3. The average Bonchev–Trinajstić information content (AvgIpc) is 2.87. The third kappa shape index (κ3) is 6.45. The number of anilines is 1. The Balaban J connectivity index is 1.49. The van der Waals surface area contributed by atoms with E-state index in [1.807, 2.05) is 0 Å². The number of nitrogens with one attached hydrogen (secondary N) is 2. The van der Waals surface area contributed by atoms with Crippen LogP contribution in [0.5, 0.6) is 0 Å². The van der Waals surface area contributed by atoms with E-state index in [9.17, 15) is 22.8 Å². The van der Waals surface area contributed by atoms with Crippen LogP contribution in [-0.4, -0.2) is 92.8 Å².